The van der Waals surface area contributed by atoms with Crippen molar-refractivity contribution < 1.29 is 18.4 Å². The molecule has 0 saturated carbocycles. The first kappa shape index (κ1) is 15.6. The van der Waals surface area contributed by atoms with E-state index in [0.717, 1.165) is 5.56 Å². The molecule has 1 aliphatic heterocycles. The number of thioether (sulfide) groups is 1. The van der Waals surface area contributed by atoms with Crippen LogP contribution in [0.2, 0.25) is 0 Å². The van der Waals surface area contributed by atoms with Crippen LogP contribution < -0.4 is 5.32 Å². The van der Waals surface area contributed by atoms with Crippen molar-refractivity contribution in [2.45, 2.75) is 12.5 Å². The number of halogens is 1. The summed E-state index contributed by atoms with van der Waals surface area (Å²) in [7, 11) is 0. The number of carbonyl (C=O) groups excluding carboxylic acids is 2. The molecule has 120 valence electrons. The van der Waals surface area contributed by atoms with Crippen LogP contribution in [-0.2, 0) is 16.0 Å². The van der Waals surface area contributed by atoms with Gasteiger partial charge >= 0.3 is 0 Å². The van der Waals surface area contributed by atoms with Gasteiger partial charge in [-0.25, -0.2) is 4.39 Å². The van der Waals surface area contributed by atoms with E-state index in [2.05, 4.69) is 5.32 Å². The zero-order valence-corrected chi connectivity index (χ0v) is 13.0. The largest absolute Gasteiger partial charge is 0.472 e. The molecule has 7 heteroatoms. The smallest absolute Gasteiger partial charge is 0.248 e. The van der Waals surface area contributed by atoms with Crippen LogP contribution in [0.25, 0.3) is 0 Å². The average molecular weight is 334 g/mol. The summed E-state index contributed by atoms with van der Waals surface area (Å²) in [5.74, 6) is 0.143. The van der Waals surface area contributed by atoms with E-state index in [0.29, 0.717) is 17.3 Å². The number of benzene rings is 1. The van der Waals surface area contributed by atoms with Gasteiger partial charge in [0.25, 0.3) is 0 Å². The van der Waals surface area contributed by atoms with Crippen molar-refractivity contribution in [3.63, 3.8) is 0 Å². The van der Waals surface area contributed by atoms with E-state index in [9.17, 15) is 14.0 Å². The summed E-state index contributed by atoms with van der Waals surface area (Å²) in [6.45, 7) is 0. The van der Waals surface area contributed by atoms with E-state index in [1.807, 2.05) is 0 Å². The summed E-state index contributed by atoms with van der Waals surface area (Å²) >= 11 is 1.52. The number of nitrogens with one attached hydrogen (secondary N) is 1. The molecule has 1 fully saturated rings. The van der Waals surface area contributed by atoms with Crippen LogP contribution in [0.1, 0.15) is 5.56 Å². The maximum absolute atomic E-state index is 13.2. The van der Waals surface area contributed by atoms with Crippen molar-refractivity contribution in [3.05, 3.63) is 54.2 Å². The minimum Gasteiger partial charge on any atom is -0.472 e. The summed E-state index contributed by atoms with van der Waals surface area (Å²) in [5, 5.41) is 2.66. The molecule has 2 amide bonds. The molecule has 23 heavy (non-hydrogen) atoms. The zero-order valence-electron chi connectivity index (χ0n) is 12.2. The van der Waals surface area contributed by atoms with E-state index >= 15 is 0 Å². The van der Waals surface area contributed by atoms with Gasteiger partial charge in [0.1, 0.15) is 11.9 Å². The molecule has 1 aliphatic rings. The Labute approximate surface area is 136 Å². The minimum atomic E-state index is -0.553. The molecule has 0 aliphatic carbocycles. The second-order valence-corrected chi connectivity index (χ2v) is 6.19. The van der Waals surface area contributed by atoms with Gasteiger partial charge in [-0.1, -0.05) is 6.07 Å². The normalized spacial score (nSPS) is 17.3. The van der Waals surface area contributed by atoms with Crippen molar-refractivity contribution >= 4 is 29.3 Å². The Bertz CT molecular complexity index is 705. The number of furan rings is 1. The highest BCUT2D eigenvalue weighted by atomic mass is 32.2. The maximum atomic E-state index is 13.2. The molecular formula is C16H15FN2O3S. The lowest BCUT2D eigenvalue weighted by Crippen LogP contribution is -2.45. The first-order valence-corrected chi connectivity index (χ1v) is 8.23. The molecule has 0 spiro atoms. The van der Waals surface area contributed by atoms with Crippen LogP contribution in [0.4, 0.5) is 10.1 Å². The van der Waals surface area contributed by atoms with E-state index in [1.54, 1.807) is 17.0 Å². The third-order valence-electron chi connectivity index (χ3n) is 3.53. The summed E-state index contributed by atoms with van der Waals surface area (Å²) < 4.78 is 18.1. The molecule has 1 N–H and O–H groups in total. The Morgan fingerprint density at radius 3 is 3.00 bits per heavy atom. The maximum Gasteiger partial charge on any atom is 0.248 e. The lowest BCUT2D eigenvalue weighted by molar-refractivity contribution is -0.135. The molecule has 1 unspecified atom stereocenters. The fourth-order valence-corrected chi connectivity index (χ4v) is 3.55. The van der Waals surface area contributed by atoms with Crippen LogP contribution in [-0.4, -0.2) is 34.4 Å². The molecular weight excluding hydrogens is 319 g/mol. The van der Waals surface area contributed by atoms with Gasteiger partial charge in [-0.3, -0.25) is 9.59 Å². The van der Waals surface area contributed by atoms with E-state index in [4.69, 9.17) is 4.42 Å². The van der Waals surface area contributed by atoms with E-state index in [1.165, 1.54) is 42.5 Å². The predicted molar refractivity (Wildman–Crippen MR) is 85.4 cm³/mol. The van der Waals surface area contributed by atoms with Gasteiger partial charge in [0.15, 0.2) is 0 Å². The number of amides is 2. The SMILES string of the molecule is O=C(Nc1cccc(F)c1)C1CSCN1C(=O)Cc1ccoc1. The van der Waals surface area contributed by atoms with Crippen molar-refractivity contribution in [1.82, 2.24) is 4.90 Å². The summed E-state index contributed by atoms with van der Waals surface area (Å²) in [5.41, 5.74) is 1.16. The van der Waals surface area contributed by atoms with Gasteiger partial charge in [0, 0.05) is 11.4 Å². The molecule has 5 nitrogen and oxygen atoms in total. The van der Waals surface area contributed by atoms with Gasteiger partial charge in [0.05, 0.1) is 24.8 Å². The Balaban J connectivity index is 1.66. The van der Waals surface area contributed by atoms with Gasteiger partial charge in [-0.15, -0.1) is 11.8 Å². The molecule has 0 bridgehead atoms. The third-order valence-corrected chi connectivity index (χ3v) is 4.55. The van der Waals surface area contributed by atoms with Gasteiger partial charge in [-0.05, 0) is 29.8 Å². The monoisotopic (exact) mass is 334 g/mol. The van der Waals surface area contributed by atoms with E-state index in [-0.39, 0.29) is 18.2 Å². The predicted octanol–water partition coefficient (Wildman–Crippen LogP) is 2.50. The van der Waals surface area contributed by atoms with Crippen molar-refractivity contribution in [2.24, 2.45) is 0 Å². The first-order chi connectivity index (χ1) is 11.1. The molecule has 0 radical (unpaired) electrons. The highest BCUT2D eigenvalue weighted by Gasteiger charge is 2.34. The average Bonchev–Trinajstić information content (AvgIpc) is 3.18. The molecule has 3 rings (SSSR count). The van der Waals surface area contributed by atoms with E-state index < -0.39 is 11.9 Å². The van der Waals surface area contributed by atoms with Crippen LogP contribution >= 0.6 is 11.8 Å². The Kier molecular flexibility index (Phi) is 4.66. The number of carbonyl (C=O) groups is 2. The topological polar surface area (TPSA) is 62.6 Å². The summed E-state index contributed by atoms with van der Waals surface area (Å²) in [6.07, 6.45) is 3.22. The Morgan fingerprint density at radius 1 is 1.39 bits per heavy atom. The quantitative estimate of drug-likeness (QED) is 0.933. The molecule has 1 saturated heterocycles. The Morgan fingerprint density at radius 2 is 2.26 bits per heavy atom. The second kappa shape index (κ2) is 6.87. The van der Waals surface area contributed by atoms with Crippen molar-refractivity contribution in [1.29, 1.82) is 0 Å². The lowest BCUT2D eigenvalue weighted by atomic mass is 10.2. The second-order valence-electron chi connectivity index (χ2n) is 5.19. The minimum absolute atomic E-state index is 0.129. The molecule has 2 aromatic rings. The van der Waals surface area contributed by atoms with Crippen LogP contribution in [0.3, 0.4) is 0 Å². The van der Waals surface area contributed by atoms with Crippen molar-refractivity contribution in [3.8, 4) is 0 Å². The summed E-state index contributed by atoms with van der Waals surface area (Å²) in [4.78, 5) is 26.3. The number of hydrogen-bond acceptors (Lipinski definition) is 4. The Hall–Kier alpha value is -2.28. The number of hydrogen-bond donors (Lipinski definition) is 1. The third kappa shape index (κ3) is 3.73. The van der Waals surface area contributed by atoms with Crippen molar-refractivity contribution in [2.75, 3.05) is 16.9 Å². The number of nitrogens with zero attached hydrogens (tertiary/aromatic N) is 1. The van der Waals surface area contributed by atoms with Crippen LogP contribution in [0, 0.1) is 5.82 Å². The highest BCUT2D eigenvalue weighted by Crippen LogP contribution is 2.23. The van der Waals surface area contributed by atoms with Gasteiger partial charge in [-0.2, -0.15) is 0 Å². The molecule has 1 aromatic heterocycles. The standard InChI is InChI=1S/C16H15FN2O3S/c17-12-2-1-3-13(7-12)18-16(21)14-9-23-10-19(14)15(20)6-11-4-5-22-8-11/h1-5,7-8,14H,6,9-10H2,(H,18,21). The highest BCUT2D eigenvalue weighted by molar-refractivity contribution is 7.99. The first-order valence-electron chi connectivity index (χ1n) is 7.08. The van der Waals surface area contributed by atoms with Crippen LogP contribution in [0.5, 0.6) is 0 Å². The number of anilines is 1. The van der Waals surface area contributed by atoms with Gasteiger partial charge < -0.3 is 14.6 Å². The number of rotatable bonds is 4. The molecule has 2 heterocycles. The summed E-state index contributed by atoms with van der Waals surface area (Å²) in [6, 6.07) is 6.86. The van der Waals surface area contributed by atoms with Crippen LogP contribution in [0.15, 0.2) is 47.3 Å². The lowest BCUT2D eigenvalue weighted by Gasteiger charge is -2.23. The van der Waals surface area contributed by atoms with Gasteiger partial charge in [0.2, 0.25) is 11.8 Å². The fraction of sp³-hybridized carbons (Fsp3) is 0.250. The fourth-order valence-electron chi connectivity index (χ4n) is 2.37. The molecule has 1 aromatic carbocycles. The zero-order chi connectivity index (χ0) is 16.2. The molecule has 1 atom stereocenters.